The van der Waals surface area contributed by atoms with Crippen LogP contribution in [0.25, 0.3) is 0 Å². The lowest BCUT2D eigenvalue weighted by atomic mass is 9.92. The van der Waals surface area contributed by atoms with Crippen molar-refractivity contribution in [2.75, 3.05) is 11.1 Å². The molecule has 0 spiro atoms. The highest BCUT2D eigenvalue weighted by atomic mass is 32.2. The number of nitro benzene ring substituents is 1. The number of nitrogens with one attached hydrogen (secondary N) is 1. The number of hydrogen-bond donors (Lipinski definition) is 1. The van der Waals surface area contributed by atoms with Gasteiger partial charge >= 0.3 is 0 Å². The maximum atomic E-state index is 12.7. The number of nitriles is 1. The van der Waals surface area contributed by atoms with Crippen molar-refractivity contribution in [2.45, 2.75) is 37.9 Å². The number of anilines is 1. The molecule has 0 aliphatic carbocycles. The summed E-state index contributed by atoms with van der Waals surface area (Å²) >= 11 is 1.33. The van der Waals surface area contributed by atoms with Crippen LogP contribution in [0.4, 0.5) is 11.4 Å². The lowest BCUT2D eigenvalue weighted by molar-refractivity contribution is -0.384. The molecule has 1 N–H and O–H groups in total. The van der Waals surface area contributed by atoms with E-state index in [1.807, 2.05) is 26.8 Å². The summed E-state index contributed by atoms with van der Waals surface area (Å²) in [5, 5.41) is 23.3. The van der Waals surface area contributed by atoms with E-state index < -0.39 is 10.8 Å². The number of non-ortho nitro benzene ring substituents is 1. The van der Waals surface area contributed by atoms with E-state index in [2.05, 4.69) is 10.3 Å². The minimum Gasteiger partial charge on any atom is -0.325 e. The molecule has 0 radical (unpaired) electrons. The molecule has 0 saturated carbocycles. The zero-order valence-electron chi connectivity index (χ0n) is 16.1. The Morgan fingerprint density at radius 1 is 1.41 bits per heavy atom. The number of nitrogens with zero attached hydrogens (tertiary/aromatic N) is 4. The zero-order valence-corrected chi connectivity index (χ0v) is 16.9. The van der Waals surface area contributed by atoms with Gasteiger partial charge in [0.25, 0.3) is 11.2 Å². The molecule has 1 aliphatic rings. The number of aromatic nitrogens is 2. The summed E-state index contributed by atoms with van der Waals surface area (Å²) in [5.41, 5.74) is 0.214. The van der Waals surface area contributed by atoms with Gasteiger partial charge in [0.05, 0.1) is 27.8 Å². The molecule has 1 amide bonds. The molecule has 1 aromatic heterocycles. The summed E-state index contributed by atoms with van der Waals surface area (Å²) < 4.78 is 1.48. The molecule has 0 bridgehead atoms. The monoisotopic (exact) mass is 413 g/mol. The Bertz CT molecular complexity index is 1100. The molecule has 1 aromatic carbocycles. The highest BCUT2D eigenvalue weighted by molar-refractivity contribution is 7.99. The summed E-state index contributed by atoms with van der Waals surface area (Å²) in [6.07, 6.45) is 0. The van der Waals surface area contributed by atoms with Gasteiger partial charge in [-0.2, -0.15) is 5.26 Å². The fourth-order valence-corrected chi connectivity index (χ4v) is 3.93. The van der Waals surface area contributed by atoms with Gasteiger partial charge in [-0.25, -0.2) is 4.98 Å². The summed E-state index contributed by atoms with van der Waals surface area (Å²) in [5.74, 6) is -0.435. The Morgan fingerprint density at radius 2 is 2.14 bits per heavy atom. The lowest BCUT2D eigenvalue weighted by Crippen LogP contribution is -2.37. The molecule has 2 aromatic rings. The van der Waals surface area contributed by atoms with Crippen LogP contribution in [0.3, 0.4) is 0 Å². The Hall–Kier alpha value is -3.19. The first kappa shape index (κ1) is 20.5. The van der Waals surface area contributed by atoms with Crippen LogP contribution < -0.4 is 10.9 Å². The second-order valence-corrected chi connectivity index (χ2v) is 8.71. The van der Waals surface area contributed by atoms with Crippen LogP contribution in [0.5, 0.6) is 0 Å². The quantitative estimate of drug-likeness (QED) is 0.465. The number of amides is 1. The van der Waals surface area contributed by atoms with E-state index in [1.165, 1.54) is 34.5 Å². The van der Waals surface area contributed by atoms with Crippen LogP contribution >= 0.6 is 11.8 Å². The van der Waals surface area contributed by atoms with Gasteiger partial charge in [-0.15, -0.1) is 0 Å². The third kappa shape index (κ3) is 4.30. The fraction of sp³-hybridized carbons (Fsp3) is 0.368. The first-order chi connectivity index (χ1) is 13.6. The van der Waals surface area contributed by atoms with Crippen LogP contribution in [-0.2, 0) is 16.8 Å². The first-order valence-corrected chi connectivity index (χ1v) is 9.83. The number of thioether (sulfide) groups is 1. The third-order valence-electron chi connectivity index (χ3n) is 4.52. The molecule has 9 nitrogen and oxygen atoms in total. The Kier molecular flexibility index (Phi) is 5.44. The molecule has 0 fully saturated rings. The molecule has 2 heterocycles. The maximum absolute atomic E-state index is 12.7. The topological polar surface area (TPSA) is 131 Å². The summed E-state index contributed by atoms with van der Waals surface area (Å²) in [7, 11) is 0. The minimum absolute atomic E-state index is 0.00469. The van der Waals surface area contributed by atoms with Gasteiger partial charge in [-0.3, -0.25) is 24.3 Å². The van der Waals surface area contributed by atoms with E-state index in [0.29, 0.717) is 16.6 Å². The van der Waals surface area contributed by atoms with Crippen molar-refractivity contribution in [3.63, 3.8) is 0 Å². The molecular formula is C19H19N5O4S. The SMILES string of the molecule is CC(C)(C)c1cc(=O)n2c(n1)SCC(C(=O)Nc1ccc([N+](=O)[O-])cc1C#N)C2. The number of benzene rings is 1. The molecule has 29 heavy (non-hydrogen) atoms. The summed E-state index contributed by atoms with van der Waals surface area (Å²) in [6.45, 7) is 6.12. The highest BCUT2D eigenvalue weighted by Crippen LogP contribution is 2.29. The molecule has 0 saturated heterocycles. The van der Waals surface area contributed by atoms with Crippen LogP contribution in [0, 0.1) is 27.4 Å². The van der Waals surface area contributed by atoms with Crippen LogP contribution in [0.15, 0.2) is 34.2 Å². The Balaban J connectivity index is 1.81. The molecule has 150 valence electrons. The predicted molar refractivity (Wildman–Crippen MR) is 108 cm³/mol. The molecule has 1 atom stereocenters. The van der Waals surface area contributed by atoms with Gasteiger partial charge < -0.3 is 5.32 Å². The van der Waals surface area contributed by atoms with Crippen molar-refractivity contribution < 1.29 is 9.72 Å². The van der Waals surface area contributed by atoms with Crippen molar-refractivity contribution in [1.82, 2.24) is 9.55 Å². The number of carbonyl (C=O) groups excluding carboxylic acids is 1. The average molecular weight is 413 g/mol. The number of carbonyl (C=O) groups is 1. The normalized spacial score (nSPS) is 15.9. The van der Waals surface area contributed by atoms with Crippen molar-refractivity contribution in [2.24, 2.45) is 5.92 Å². The number of nitro groups is 1. The molecule has 3 rings (SSSR count). The van der Waals surface area contributed by atoms with Crippen LogP contribution in [-0.4, -0.2) is 26.1 Å². The van der Waals surface area contributed by atoms with Crippen LogP contribution in [0.1, 0.15) is 32.0 Å². The maximum Gasteiger partial charge on any atom is 0.270 e. The van der Waals surface area contributed by atoms with Crippen molar-refractivity contribution in [3.05, 3.63) is 56.0 Å². The van der Waals surface area contributed by atoms with E-state index in [0.717, 1.165) is 6.07 Å². The van der Waals surface area contributed by atoms with Gasteiger partial charge in [0.15, 0.2) is 5.16 Å². The number of rotatable bonds is 3. The average Bonchev–Trinajstić information content (AvgIpc) is 2.67. The highest BCUT2D eigenvalue weighted by Gasteiger charge is 2.29. The molecule has 1 unspecified atom stereocenters. The van der Waals surface area contributed by atoms with Crippen molar-refractivity contribution in [1.29, 1.82) is 5.26 Å². The van der Waals surface area contributed by atoms with E-state index in [-0.39, 0.29) is 40.4 Å². The van der Waals surface area contributed by atoms with E-state index in [9.17, 15) is 25.0 Å². The second-order valence-electron chi connectivity index (χ2n) is 7.72. The minimum atomic E-state index is -0.605. The fourth-order valence-electron chi connectivity index (χ4n) is 2.84. The standard InChI is InChI=1S/C19H19N5O4S/c1-19(2,3)15-7-16(25)23-9-12(10-29-18(23)22-15)17(26)21-14-5-4-13(24(27)28)6-11(14)8-20/h4-7,12H,9-10H2,1-3H3,(H,21,26). The second kappa shape index (κ2) is 7.67. The predicted octanol–water partition coefficient (Wildman–Crippen LogP) is 2.68. The largest absolute Gasteiger partial charge is 0.325 e. The molecular weight excluding hydrogens is 394 g/mol. The summed E-state index contributed by atoms with van der Waals surface area (Å²) in [4.78, 5) is 40.0. The third-order valence-corrected chi connectivity index (χ3v) is 5.66. The smallest absolute Gasteiger partial charge is 0.270 e. The molecule has 1 aliphatic heterocycles. The zero-order chi connectivity index (χ0) is 21.3. The lowest BCUT2D eigenvalue weighted by Gasteiger charge is -2.26. The molecule has 10 heteroatoms. The van der Waals surface area contributed by atoms with Gasteiger partial charge in [-0.1, -0.05) is 32.5 Å². The Morgan fingerprint density at radius 3 is 2.76 bits per heavy atom. The van der Waals surface area contributed by atoms with Gasteiger partial charge in [0.2, 0.25) is 5.91 Å². The number of hydrogen-bond acceptors (Lipinski definition) is 7. The van der Waals surface area contributed by atoms with E-state index >= 15 is 0 Å². The van der Waals surface area contributed by atoms with Gasteiger partial charge in [0, 0.05) is 35.9 Å². The number of fused-ring (bicyclic) bond motifs is 1. The van der Waals surface area contributed by atoms with E-state index in [4.69, 9.17) is 0 Å². The first-order valence-electron chi connectivity index (χ1n) is 8.84. The van der Waals surface area contributed by atoms with Gasteiger partial charge in [-0.05, 0) is 6.07 Å². The van der Waals surface area contributed by atoms with Crippen molar-refractivity contribution >= 4 is 29.0 Å². The van der Waals surface area contributed by atoms with E-state index in [1.54, 1.807) is 0 Å². The van der Waals surface area contributed by atoms with Gasteiger partial charge in [0.1, 0.15) is 6.07 Å². The Labute approximate surface area is 170 Å². The summed E-state index contributed by atoms with van der Waals surface area (Å²) in [6, 6.07) is 7.02. The van der Waals surface area contributed by atoms with Crippen LogP contribution in [0.2, 0.25) is 0 Å². The van der Waals surface area contributed by atoms with Crippen molar-refractivity contribution in [3.8, 4) is 6.07 Å².